The van der Waals surface area contributed by atoms with E-state index in [0.29, 0.717) is 21.7 Å². The molecular formula is C28H26ClF2N7O5S. The molecule has 2 amide bonds. The van der Waals surface area contributed by atoms with Gasteiger partial charge in [-0.15, -0.1) is 23.7 Å². The van der Waals surface area contributed by atoms with Gasteiger partial charge in [-0.2, -0.15) is 5.10 Å². The summed E-state index contributed by atoms with van der Waals surface area (Å²) in [6.45, 7) is -0.248. The molecule has 0 bridgehead atoms. The summed E-state index contributed by atoms with van der Waals surface area (Å²) in [6.07, 6.45) is 0. The van der Waals surface area contributed by atoms with Gasteiger partial charge in [0.25, 0.3) is 11.1 Å². The van der Waals surface area contributed by atoms with Crippen molar-refractivity contribution in [1.29, 1.82) is 0 Å². The quantitative estimate of drug-likeness (QED) is 0.219. The van der Waals surface area contributed by atoms with Gasteiger partial charge in [0.2, 0.25) is 0 Å². The fourth-order valence-corrected chi connectivity index (χ4v) is 5.87. The highest BCUT2D eigenvalue weighted by molar-refractivity contribution is 7.22. The van der Waals surface area contributed by atoms with Gasteiger partial charge in [0.1, 0.15) is 16.5 Å². The van der Waals surface area contributed by atoms with Crippen molar-refractivity contribution in [2.45, 2.75) is 13.1 Å². The number of nitrogens with one attached hydrogen (secondary N) is 3. The van der Waals surface area contributed by atoms with Crippen LogP contribution in [0.3, 0.4) is 0 Å². The SMILES string of the molecule is CONC(=O)Nc1ccc(-c2sc3c(c2CN(C)C)c(=O)n(-c2ccc(=O)[nH]n2)c(=O)n3Cc2c(F)cccc2F)cc1.Cl. The average molecular weight is 646 g/mol. The maximum atomic E-state index is 14.8. The van der Waals surface area contributed by atoms with E-state index in [4.69, 9.17) is 0 Å². The van der Waals surface area contributed by atoms with E-state index in [9.17, 15) is 28.0 Å². The summed E-state index contributed by atoms with van der Waals surface area (Å²) in [4.78, 5) is 58.7. The second-order valence-electron chi connectivity index (χ2n) is 9.65. The smallest absolute Gasteiger partial charge is 0.306 e. The first kappa shape index (κ1) is 32.2. The third kappa shape index (κ3) is 6.30. The molecule has 3 aromatic heterocycles. The largest absolute Gasteiger partial charge is 0.343 e. The maximum Gasteiger partial charge on any atom is 0.343 e. The lowest BCUT2D eigenvalue weighted by Gasteiger charge is -2.14. The highest BCUT2D eigenvalue weighted by atomic mass is 35.5. The van der Waals surface area contributed by atoms with Crippen LogP contribution in [0.5, 0.6) is 0 Å². The minimum atomic E-state index is -0.896. The zero-order valence-electron chi connectivity index (χ0n) is 23.5. The van der Waals surface area contributed by atoms with Crippen molar-refractivity contribution < 1.29 is 18.4 Å². The molecule has 5 rings (SSSR count). The predicted molar refractivity (Wildman–Crippen MR) is 165 cm³/mol. The average Bonchev–Trinajstić information content (AvgIpc) is 3.32. The molecule has 0 radical (unpaired) electrons. The summed E-state index contributed by atoms with van der Waals surface area (Å²) < 4.78 is 31.5. The molecule has 0 spiro atoms. The summed E-state index contributed by atoms with van der Waals surface area (Å²) >= 11 is 1.12. The lowest BCUT2D eigenvalue weighted by atomic mass is 10.1. The van der Waals surface area contributed by atoms with E-state index in [2.05, 4.69) is 25.8 Å². The van der Waals surface area contributed by atoms with Gasteiger partial charge < -0.3 is 10.2 Å². The molecule has 2 aromatic carbocycles. The second-order valence-corrected chi connectivity index (χ2v) is 10.7. The number of aromatic nitrogens is 4. The Hall–Kier alpha value is -4.70. The van der Waals surface area contributed by atoms with E-state index in [1.165, 1.54) is 19.2 Å². The van der Waals surface area contributed by atoms with Crippen LogP contribution in [0.1, 0.15) is 11.1 Å². The van der Waals surface area contributed by atoms with Crippen LogP contribution in [0.15, 0.2) is 69.0 Å². The molecule has 0 unspecified atom stereocenters. The van der Waals surface area contributed by atoms with Crippen LogP contribution in [0.25, 0.3) is 26.5 Å². The Bertz CT molecular complexity index is 1980. The Balaban J connectivity index is 0.00000442. The summed E-state index contributed by atoms with van der Waals surface area (Å²) in [6, 6.07) is 11.9. The van der Waals surface area contributed by atoms with Gasteiger partial charge in [-0.1, -0.05) is 18.2 Å². The number of H-pyrrole nitrogens is 1. The third-order valence-electron chi connectivity index (χ3n) is 6.42. The number of hydroxylamine groups is 1. The van der Waals surface area contributed by atoms with Crippen LogP contribution in [-0.4, -0.2) is 51.5 Å². The molecule has 230 valence electrons. The fraction of sp³-hybridized carbons (Fsp3) is 0.179. The van der Waals surface area contributed by atoms with Crippen LogP contribution < -0.4 is 27.6 Å². The third-order valence-corrected chi connectivity index (χ3v) is 7.72. The van der Waals surface area contributed by atoms with Gasteiger partial charge in [-0.05, 0) is 55.6 Å². The summed E-state index contributed by atoms with van der Waals surface area (Å²) in [5.41, 5.74) is 1.34. The Labute approximate surface area is 257 Å². The number of nitrogens with zero attached hydrogens (tertiary/aromatic N) is 4. The van der Waals surface area contributed by atoms with Gasteiger partial charge in [0.05, 0.1) is 19.0 Å². The number of aromatic amines is 1. The highest BCUT2D eigenvalue weighted by Gasteiger charge is 2.25. The molecular weight excluding hydrogens is 620 g/mol. The molecule has 12 nitrogen and oxygen atoms in total. The molecule has 5 aromatic rings. The summed E-state index contributed by atoms with van der Waals surface area (Å²) in [5, 5.41) is 8.84. The van der Waals surface area contributed by atoms with Crippen LogP contribution >= 0.6 is 23.7 Å². The first-order chi connectivity index (χ1) is 20.6. The van der Waals surface area contributed by atoms with Crippen LogP contribution in [0, 0.1) is 11.6 Å². The van der Waals surface area contributed by atoms with E-state index in [-0.39, 0.29) is 40.5 Å². The molecule has 3 heterocycles. The molecule has 0 aliphatic heterocycles. The number of halogens is 3. The van der Waals surface area contributed by atoms with E-state index in [1.807, 2.05) is 19.0 Å². The van der Waals surface area contributed by atoms with Crippen molar-refractivity contribution in [3.8, 4) is 16.3 Å². The van der Waals surface area contributed by atoms with Crippen molar-refractivity contribution in [3.05, 3.63) is 109 Å². The number of amides is 2. The molecule has 3 N–H and O–H groups in total. The minimum absolute atomic E-state index is 0. The standard InChI is InChI=1S/C28H25F2N7O5S.ClH/c1-35(2)13-18-23-25(39)37(21-11-12-22(38)33-32-21)28(41)36(14-17-19(29)5-4-6-20(17)30)26(23)43-24(18)15-7-9-16(10-8-15)31-27(40)34-42-3;/h4-12H,13-14H2,1-3H3,(H,33,38)(H2,31,34,40);1H. The van der Waals surface area contributed by atoms with Crippen LogP contribution in [0.4, 0.5) is 19.3 Å². The summed E-state index contributed by atoms with van der Waals surface area (Å²) in [5.74, 6) is -1.87. The number of hydrogen-bond donors (Lipinski definition) is 3. The van der Waals surface area contributed by atoms with Gasteiger partial charge in [-0.25, -0.2) is 33.5 Å². The van der Waals surface area contributed by atoms with Crippen molar-refractivity contribution in [2.75, 3.05) is 26.5 Å². The fourth-order valence-electron chi connectivity index (χ4n) is 4.57. The van der Waals surface area contributed by atoms with Crippen LogP contribution in [-0.2, 0) is 17.9 Å². The normalized spacial score (nSPS) is 11.0. The molecule has 0 saturated carbocycles. The number of thiophene rings is 1. The zero-order chi connectivity index (χ0) is 30.8. The molecule has 0 aliphatic rings. The monoisotopic (exact) mass is 645 g/mol. The van der Waals surface area contributed by atoms with Crippen molar-refractivity contribution >= 4 is 45.7 Å². The minimum Gasteiger partial charge on any atom is -0.306 e. The first-order valence-corrected chi connectivity index (χ1v) is 13.6. The lowest BCUT2D eigenvalue weighted by Crippen LogP contribution is -2.40. The molecule has 0 saturated heterocycles. The number of carbonyl (C=O) groups excluding carboxylic acids is 1. The second kappa shape index (κ2) is 13.3. The van der Waals surface area contributed by atoms with E-state index in [1.54, 1.807) is 24.3 Å². The number of urea groups is 1. The van der Waals surface area contributed by atoms with E-state index < -0.39 is 41.0 Å². The van der Waals surface area contributed by atoms with Gasteiger partial charge in [0.15, 0.2) is 5.82 Å². The Morgan fingerprint density at radius 2 is 1.70 bits per heavy atom. The van der Waals surface area contributed by atoms with Crippen molar-refractivity contribution in [3.63, 3.8) is 0 Å². The molecule has 0 atom stereocenters. The summed E-state index contributed by atoms with van der Waals surface area (Å²) in [7, 11) is 4.92. The number of hydrogen-bond acceptors (Lipinski definition) is 8. The zero-order valence-corrected chi connectivity index (χ0v) is 25.1. The van der Waals surface area contributed by atoms with E-state index in [0.717, 1.165) is 38.7 Å². The lowest BCUT2D eigenvalue weighted by molar-refractivity contribution is 0.114. The number of anilines is 1. The molecule has 44 heavy (non-hydrogen) atoms. The number of carbonyl (C=O) groups is 1. The number of fused-ring (bicyclic) bond motifs is 1. The van der Waals surface area contributed by atoms with Crippen LogP contribution in [0.2, 0.25) is 0 Å². The van der Waals surface area contributed by atoms with Gasteiger partial charge >= 0.3 is 11.7 Å². The molecule has 16 heteroatoms. The first-order valence-electron chi connectivity index (χ1n) is 12.7. The van der Waals surface area contributed by atoms with Gasteiger partial charge in [-0.3, -0.25) is 19.0 Å². The Morgan fingerprint density at radius 1 is 1.02 bits per heavy atom. The van der Waals surface area contributed by atoms with E-state index >= 15 is 0 Å². The highest BCUT2D eigenvalue weighted by Crippen LogP contribution is 2.38. The Morgan fingerprint density at radius 3 is 2.30 bits per heavy atom. The van der Waals surface area contributed by atoms with Gasteiger partial charge in [0, 0.05) is 28.7 Å². The number of benzene rings is 2. The Kier molecular flexibility index (Phi) is 9.74. The maximum absolute atomic E-state index is 14.8. The van der Waals surface area contributed by atoms with Crippen molar-refractivity contribution in [2.24, 2.45) is 0 Å². The molecule has 0 aliphatic carbocycles. The predicted octanol–water partition coefficient (Wildman–Crippen LogP) is 3.46. The molecule has 0 fully saturated rings. The topological polar surface area (TPSA) is 143 Å². The number of rotatable bonds is 8. The van der Waals surface area contributed by atoms with Crippen molar-refractivity contribution in [1.82, 2.24) is 29.7 Å².